The number of halogens is 1. The Bertz CT molecular complexity index is 534. The predicted molar refractivity (Wildman–Crippen MR) is 69.9 cm³/mol. The first-order chi connectivity index (χ1) is 8.63. The summed E-state index contributed by atoms with van der Waals surface area (Å²) in [5.41, 5.74) is 2.79. The number of aryl methyl sites for hydroxylation is 2. The highest BCUT2D eigenvalue weighted by atomic mass is 19.1. The maximum atomic E-state index is 13.3. The molecule has 0 aliphatic carbocycles. The van der Waals surface area contributed by atoms with Crippen LogP contribution in [0.15, 0.2) is 30.7 Å². The smallest absolute Gasteiger partial charge is 0.126 e. The van der Waals surface area contributed by atoms with Crippen molar-refractivity contribution in [2.45, 2.75) is 19.9 Å². The molecule has 3 nitrogen and oxygen atoms in total. The Morgan fingerprint density at radius 3 is 2.78 bits per heavy atom. The Morgan fingerprint density at radius 2 is 2.22 bits per heavy atom. The number of aromatic nitrogens is 2. The summed E-state index contributed by atoms with van der Waals surface area (Å²) in [5, 5.41) is 3.41. The molecule has 1 N–H and O–H groups in total. The van der Waals surface area contributed by atoms with E-state index in [4.69, 9.17) is 0 Å². The van der Waals surface area contributed by atoms with Gasteiger partial charge in [0.2, 0.25) is 0 Å². The van der Waals surface area contributed by atoms with Crippen LogP contribution in [0.4, 0.5) is 4.39 Å². The van der Waals surface area contributed by atoms with E-state index in [-0.39, 0.29) is 11.9 Å². The maximum absolute atomic E-state index is 13.3. The summed E-state index contributed by atoms with van der Waals surface area (Å²) in [5.74, 6) is -0.168. The second-order valence-electron chi connectivity index (χ2n) is 4.43. The lowest BCUT2D eigenvalue weighted by Gasteiger charge is -2.19. The second kappa shape index (κ2) is 5.31. The largest absolute Gasteiger partial charge is 0.336 e. The fourth-order valence-corrected chi connectivity index (χ4v) is 2.09. The van der Waals surface area contributed by atoms with Crippen molar-refractivity contribution in [3.63, 3.8) is 0 Å². The van der Waals surface area contributed by atoms with Gasteiger partial charge in [-0.2, -0.15) is 0 Å². The van der Waals surface area contributed by atoms with E-state index in [1.807, 2.05) is 29.9 Å². The third-order valence-electron chi connectivity index (χ3n) is 3.07. The summed E-state index contributed by atoms with van der Waals surface area (Å²) in [6.07, 6.45) is 3.61. The Hall–Kier alpha value is -1.68. The minimum atomic E-state index is -0.168. The third-order valence-corrected chi connectivity index (χ3v) is 3.07. The van der Waals surface area contributed by atoms with Gasteiger partial charge in [-0.1, -0.05) is 19.1 Å². The Balaban J connectivity index is 2.41. The van der Waals surface area contributed by atoms with E-state index in [2.05, 4.69) is 17.2 Å². The van der Waals surface area contributed by atoms with Crippen LogP contribution in [0.2, 0.25) is 0 Å². The van der Waals surface area contributed by atoms with Crippen molar-refractivity contribution in [1.82, 2.24) is 14.9 Å². The molecule has 0 aliphatic heterocycles. The zero-order chi connectivity index (χ0) is 13.1. The van der Waals surface area contributed by atoms with E-state index < -0.39 is 0 Å². The predicted octanol–water partition coefficient (Wildman–Crippen LogP) is 2.57. The quantitative estimate of drug-likeness (QED) is 0.900. The summed E-state index contributed by atoms with van der Waals surface area (Å²) in [6.45, 7) is 4.68. The minimum absolute atomic E-state index is 0.0433. The average molecular weight is 247 g/mol. The van der Waals surface area contributed by atoms with Crippen molar-refractivity contribution in [3.05, 3.63) is 53.4 Å². The fourth-order valence-electron chi connectivity index (χ4n) is 2.09. The van der Waals surface area contributed by atoms with E-state index >= 15 is 0 Å². The number of benzene rings is 1. The Labute approximate surface area is 107 Å². The maximum Gasteiger partial charge on any atom is 0.126 e. The molecule has 96 valence electrons. The molecule has 4 heteroatoms. The van der Waals surface area contributed by atoms with Crippen LogP contribution in [-0.2, 0) is 7.05 Å². The lowest BCUT2D eigenvalue weighted by molar-refractivity contribution is 0.586. The molecule has 0 spiro atoms. The molecule has 1 unspecified atom stereocenters. The lowest BCUT2D eigenvalue weighted by atomic mass is 10.0. The third kappa shape index (κ3) is 2.43. The first-order valence-electron chi connectivity index (χ1n) is 6.09. The Kier molecular flexibility index (Phi) is 3.77. The number of nitrogens with zero attached hydrogens (tertiary/aromatic N) is 2. The zero-order valence-electron chi connectivity index (χ0n) is 10.9. The first kappa shape index (κ1) is 12.8. The highest BCUT2D eigenvalue weighted by molar-refractivity contribution is 5.31. The van der Waals surface area contributed by atoms with E-state index in [1.165, 1.54) is 6.07 Å². The molecular weight excluding hydrogens is 229 g/mol. The molecule has 1 aromatic carbocycles. The molecule has 1 heterocycles. The van der Waals surface area contributed by atoms with Gasteiger partial charge >= 0.3 is 0 Å². The first-order valence-corrected chi connectivity index (χ1v) is 6.09. The highest BCUT2D eigenvalue weighted by Crippen LogP contribution is 2.23. The van der Waals surface area contributed by atoms with Crippen LogP contribution in [0.1, 0.15) is 29.8 Å². The second-order valence-corrected chi connectivity index (χ2v) is 4.43. The van der Waals surface area contributed by atoms with E-state index in [9.17, 15) is 4.39 Å². The van der Waals surface area contributed by atoms with Crippen LogP contribution in [0.25, 0.3) is 0 Å². The normalized spacial score (nSPS) is 12.7. The molecule has 0 saturated heterocycles. The fraction of sp³-hybridized carbons (Fsp3) is 0.357. The summed E-state index contributed by atoms with van der Waals surface area (Å²) in [4.78, 5) is 4.14. The molecule has 1 atom stereocenters. The summed E-state index contributed by atoms with van der Waals surface area (Å²) in [6, 6.07) is 5.27. The van der Waals surface area contributed by atoms with E-state index in [0.29, 0.717) is 5.56 Å². The lowest BCUT2D eigenvalue weighted by Crippen LogP contribution is -2.24. The SMILES string of the molecule is CCNC(c1ccc(F)c(C)c1)c1cncn1C. The van der Waals surface area contributed by atoms with Crippen molar-refractivity contribution in [2.75, 3.05) is 6.54 Å². The van der Waals surface area contributed by atoms with Crippen LogP contribution < -0.4 is 5.32 Å². The van der Waals surface area contributed by atoms with Gasteiger partial charge in [0.15, 0.2) is 0 Å². The standard InChI is InChI=1S/C14H18FN3/c1-4-17-14(13-8-16-9-18(13)3)11-5-6-12(15)10(2)7-11/h5-9,14,17H,4H2,1-3H3. The van der Waals surface area contributed by atoms with Gasteiger partial charge in [-0.3, -0.25) is 0 Å². The number of hydrogen-bond donors (Lipinski definition) is 1. The van der Waals surface area contributed by atoms with Crippen LogP contribution in [0.3, 0.4) is 0 Å². The summed E-state index contributed by atoms with van der Waals surface area (Å²) in [7, 11) is 1.96. The molecule has 0 saturated carbocycles. The van der Waals surface area contributed by atoms with Crippen molar-refractivity contribution in [1.29, 1.82) is 0 Å². The summed E-state index contributed by atoms with van der Waals surface area (Å²) >= 11 is 0. The van der Waals surface area contributed by atoms with E-state index in [0.717, 1.165) is 17.8 Å². The van der Waals surface area contributed by atoms with Gasteiger partial charge in [-0.25, -0.2) is 9.37 Å². The van der Waals surface area contributed by atoms with Gasteiger partial charge in [0, 0.05) is 7.05 Å². The highest BCUT2D eigenvalue weighted by Gasteiger charge is 2.16. The van der Waals surface area contributed by atoms with Gasteiger partial charge in [-0.15, -0.1) is 0 Å². The van der Waals surface area contributed by atoms with Crippen LogP contribution in [-0.4, -0.2) is 16.1 Å². The average Bonchev–Trinajstić information content (AvgIpc) is 2.76. The van der Waals surface area contributed by atoms with Gasteiger partial charge in [0.1, 0.15) is 5.82 Å². The molecule has 0 bridgehead atoms. The van der Waals surface area contributed by atoms with Crippen molar-refractivity contribution in [3.8, 4) is 0 Å². The Morgan fingerprint density at radius 1 is 1.44 bits per heavy atom. The van der Waals surface area contributed by atoms with Gasteiger partial charge in [-0.05, 0) is 30.7 Å². The minimum Gasteiger partial charge on any atom is -0.336 e. The van der Waals surface area contributed by atoms with E-state index in [1.54, 1.807) is 13.3 Å². The van der Waals surface area contributed by atoms with Gasteiger partial charge < -0.3 is 9.88 Å². The van der Waals surface area contributed by atoms with Crippen molar-refractivity contribution >= 4 is 0 Å². The molecule has 0 fully saturated rings. The van der Waals surface area contributed by atoms with Crippen molar-refractivity contribution < 1.29 is 4.39 Å². The monoisotopic (exact) mass is 247 g/mol. The number of rotatable bonds is 4. The van der Waals surface area contributed by atoms with Crippen LogP contribution >= 0.6 is 0 Å². The van der Waals surface area contributed by atoms with Gasteiger partial charge in [0.25, 0.3) is 0 Å². The number of imidazole rings is 1. The molecular formula is C14H18FN3. The molecule has 0 radical (unpaired) electrons. The topological polar surface area (TPSA) is 29.9 Å². The molecule has 2 rings (SSSR count). The molecule has 0 amide bonds. The van der Waals surface area contributed by atoms with Crippen molar-refractivity contribution in [2.24, 2.45) is 7.05 Å². The zero-order valence-corrected chi connectivity index (χ0v) is 10.9. The van der Waals surface area contributed by atoms with Crippen LogP contribution in [0.5, 0.6) is 0 Å². The molecule has 1 aromatic heterocycles. The summed E-state index contributed by atoms with van der Waals surface area (Å²) < 4.78 is 15.3. The molecule has 18 heavy (non-hydrogen) atoms. The number of nitrogens with one attached hydrogen (secondary N) is 1. The number of hydrogen-bond acceptors (Lipinski definition) is 2. The van der Waals surface area contributed by atoms with Gasteiger partial charge in [0.05, 0.1) is 24.3 Å². The molecule has 0 aliphatic rings. The van der Waals surface area contributed by atoms with Crippen LogP contribution in [0, 0.1) is 12.7 Å². The molecule has 2 aromatic rings.